The number of anilines is 1. The van der Waals surface area contributed by atoms with E-state index in [4.69, 9.17) is 5.84 Å². The number of aryl methyl sites for hydroxylation is 2. The zero-order valence-electron chi connectivity index (χ0n) is 11.1. The van der Waals surface area contributed by atoms with Crippen molar-refractivity contribution in [1.82, 2.24) is 9.97 Å². The zero-order chi connectivity index (χ0) is 13.8. The van der Waals surface area contributed by atoms with Crippen LogP contribution in [-0.4, -0.2) is 9.97 Å². The first-order chi connectivity index (χ1) is 9.13. The second kappa shape index (κ2) is 6.12. The van der Waals surface area contributed by atoms with E-state index in [2.05, 4.69) is 44.3 Å². The summed E-state index contributed by atoms with van der Waals surface area (Å²) in [4.78, 5) is 9.00. The monoisotopic (exact) mass is 320 g/mol. The van der Waals surface area contributed by atoms with Gasteiger partial charge in [0.25, 0.3) is 0 Å². The van der Waals surface area contributed by atoms with Gasteiger partial charge in [-0.15, -0.1) is 0 Å². The molecule has 5 heteroatoms. The Labute approximate surface area is 121 Å². The van der Waals surface area contributed by atoms with Crippen molar-refractivity contribution in [3.8, 4) is 11.4 Å². The lowest BCUT2D eigenvalue weighted by Crippen LogP contribution is -2.10. The molecule has 0 spiro atoms. The van der Waals surface area contributed by atoms with Crippen LogP contribution in [0.25, 0.3) is 11.4 Å². The molecule has 3 N–H and O–H groups in total. The highest BCUT2D eigenvalue weighted by atomic mass is 79.9. The van der Waals surface area contributed by atoms with Gasteiger partial charge in [0, 0.05) is 21.8 Å². The maximum absolute atomic E-state index is 5.47. The van der Waals surface area contributed by atoms with Crippen molar-refractivity contribution in [1.29, 1.82) is 0 Å². The molecular weight excluding hydrogens is 304 g/mol. The number of nitrogen functional groups attached to an aromatic ring is 1. The second-order valence-electron chi connectivity index (χ2n) is 4.43. The Kier molecular flexibility index (Phi) is 4.50. The van der Waals surface area contributed by atoms with Crippen molar-refractivity contribution in [2.75, 3.05) is 5.43 Å². The van der Waals surface area contributed by atoms with Gasteiger partial charge >= 0.3 is 0 Å². The van der Waals surface area contributed by atoms with Crippen molar-refractivity contribution in [3.63, 3.8) is 0 Å². The van der Waals surface area contributed by atoms with Crippen molar-refractivity contribution in [2.24, 2.45) is 5.84 Å². The maximum Gasteiger partial charge on any atom is 0.161 e. The van der Waals surface area contributed by atoms with Crippen LogP contribution in [0.2, 0.25) is 0 Å². The van der Waals surface area contributed by atoms with E-state index < -0.39 is 0 Å². The van der Waals surface area contributed by atoms with Crippen LogP contribution in [0.15, 0.2) is 28.7 Å². The fourth-order valence-corrected chi connectivity index (χ4v) is 2.12. The average molecular weight is 321 g/mol. The van der Waals surface area contributed by atoms with E-state index in [1.165, 1.54) is 0 Å². The number of nitrogens with one attached hydrogen (secondary N) is 1. The molecule has 19 heavy (non-hydrogen) atoms. The van der Waals surface area contributed by atoms with Crippen LogP contribution in [0.5, 0.6) is 0 Å². The Balaban J connectivity index is 2.47. The van der Waals surface area contributed by atoms with E-state index in [9.17, 15) is 0 Å². The predicted octanol–water partition coefficient (Wildman–Crippen LogP) is 3.45. The third-order valence-electron chi connectivity index (χ3n) is 2.85. The van der Waals surface area contributed by atoms with Gasteiger partial charge in [-0.25, -0.2) is 15.8 Å². The van der Waals surface area contributed by atoms with Gasteiger partial charge in [0.05, 0.1) is 0 Å². The maximum atomic E-state index is 5.47. The zero-order valence-corrected chi connectivity index (χ0v) is 12.7. The van der Waals surface area contributed by atoms with Crippen LogP contribution in [-0.2, 0) is 6.42 Å². The third kappa shape index (κ3) is 3.30. The van der Waals surface area contributed by atoms with Crippen LogP contribution in [0.3, 0.4) is 0 Å². The molecule has 1 aromatic heterocycles. The Hall–Kier alpha value is -1.46. The lowest BCUT2D eigenvalue weighted by atomic mass is 10.1. The average Bonchev–Trinajstić information content (AvgIpc) is 2.42. The number of rotatable bonds is 4. The summed E-state index contributed by atoms with van der Waals surface area (Å²) in [6.07, 6.45) is 1.96. The van der Waals surface area contributed by atoms with Gasteiger partial charge < -0.3 is 5.43 Å². The van der Waals surface area contributed by atoms with Crippen molar-refractivity contribution in [2.45, 2.75) is 26.7 Å². The van der Waals surface area contributed by atoms with Crippen molar-refractivity contribution < 1.29 is 0 Å². The van der Waals surface area contributed by atoms with E-state index >= 15 is 0 Å². The second-order valence-corrected chi connectivity index (χ2v) is 5.28. The Morgan fingerprint density at radius 3 is 2.68 bits per heavy atom. The minimum Gasteiger partial charge on any atom is -0.308 e. The van der Waals surface area contributed by atoms with Gasteiger partial charge in [0.1, 0.15) is 5.82 Å². The first kappa shape index (κ1) is 14.0. The summed E-state index contributed by atoms with van der Waals surface area (Å²) in [5.74, 6) is 6.82. The number of hydrazine groups is 1. The van der Waals surface area contributed by atoms with Crippen molar-refractivity contribution >= 4 is 21.7 Å². The lowest BCUT2D eigenvalue weighted by molar-refractivity contribution is 0.875. The SMILES string of the molecule is CCCc1cc(NN)nc(-c2ccc(Br)c(C)c2)n1. The van der Waals surface area contributed by atoms with Gasteiger partial charge in [0.15, 0.2) is 5.82 Å². The molecule has 0 aliphatic carbocycles. The van der Waals surface area contributed by atoms with Crippen molar-refractivity contribution in [3.05, 3.63) is 40.0 Å². The molecule has 100 valence electrons. The molecule has 0 aliphatic rings. The lowest BCUT2D eigenvalue weighted by Gasteiger charge is -2.08. The summed E-state index contributed by atoms with van der Waals surface area (Å²) < 4.78 is 1.08. The summed E-state index contributed by atoms with van der Waals surface area (Å²) >= 11 is 3.50. The van der Waals surface area contributed by atoms with Crippen LogP contribution in [0, 0.1) is 6.92 Å². The first-order valence-electron chi connectivity index (χ1n) is 6.25. The van der Waals surface area contributed by atoms with E-state index in [0.29, 0.717) is 11.6 Å². The highest BCUT2D eigenvalue weighted by Crippen LogP contribution is 2.24. The first-order valence-corrected chi connectivity index (χ1v) is 7.04. The summed E-state index contributed by atoms with van der Waals surface area (Å²) in [6, 6.07) is 7.96. The molecule has 0 radical (unpaired) electrons. The number of halogens is 1. The molecule has 2 rings (SSSR count). The van der Waals surface area contributed by atoms with Gasteiger partial charge in [-0.3, -0.25) is 0 Å². The third-order valence-corrected chi connectivity index (χ3v) is 3.74. The molecule has 0 saturated carbocycles. The Morgan fingerprint density at radius 1 is 1.26 bits per heavy atom. The van der Waals surface area contributed by atoms with Gasteiger partial charge in [0.2, 0.25) is 0 Å². The molecule has 0 fully saturated rings. The highest BCUT2D eigenvalue weighted by molar-refractivity contribution is 9.10. The fraction of sp³-hybridized carbons (Fsp3) is 0.286. The molecule has 1 heterocycles. The summed E-state index contributed by atoms with van der Waals surface area (Å²) in [6.45, 7) is 4.17. The molecule has 0 saturated heterocycles. The van der Waals surface area contributed by atoms with E-state index in [1.807, 2.05) is 25.1 Å². The van der Waals surface area contributed by atoms with Gasteiger partial charge in [-0.05, 0) is 31.0 Å². The summed E-state index contributed by atoms with van der Waals surface area (Å²) in [5, 5.41) is 0. The van der Waals surface area contributed by atoms with Gasteiger partial charge in [-0.2, -0.15) is 0 Å². The summed E-state index contributed by atoms with van der Waals surface area (Å²) in [5.41, 5.74) is 5.75. The Morgan fingerprint density at radius 2 is 2.05 bits per heavy atom. The minimum absolute atomic E-state index is 0.647. The molecule has 0 amide bonds. The van der Waals surface area contributed by atoms with Crippen LogP contribution >= 0.6 is 15.9 Å². The van der Waals surface area contributed by atoms with E-state index in [1.54, 1.807) is 0 Å². The minimum atomic E-state index is 0.647. The van der Waals surface area contributed by atoms with Crippen LogP contribution < -0.4 is 11.3 Å². The quantitative estimate of drug-likeness (QED) is 0.669. The molecule has 2 aromatic rings. The molecule has 1 aromatic carbocycles. The normalized spacial score (nSPS) is 10.5. The summed E-state index contributed by atoms with van der Waals surface area (Å²) in [7, 11) is 0. The van der Waals surface area contributed by atoms with Crippen LogP contribution in [0.1, 0.15) is 24.6 Å². The number of benzene rings is 1. The number of nitrogens with zero attached hydrogens (tertiary/aromatic N) is 2. The predicted molar refractivity (Wildman–Crippen MR) is 81.7 cm³/mol. The molecule has 0 aliphatic heterocycles. The van der Waals surface area contributed by atoms with Crippen LogP contribution in [0.4, 0.5) is 5.82 Å². The smallest absolute Gasteiger partial charge is 0.161 e. The molecule has 4 nitrogen and oxygen atoms in total. The van der Waals surface area contributed by atoms with E-state index in [0.717, 1.165) is 34.1 Å². The Bertz CT molecular complexity index is 584. The number of hydrogen-bond donors (Lipinski definition) is 2. The largest absolute Gasteiger partial charge is 0.308 e. The molecule has 0 unspecified atom stereocenters. The molecule has 0 atom stereocenters. The fourth-order valence-electron chi connectivity index (χ4n) is 1.87. The highest BCUT2D eigenvalue weighted by Gasteiger charge is 2.07. The molecular formula is C14H17BrN4. The van der Waals surface area contributed by atoms with E-state index in [-0.39, 0.29) is 0 Å². The standard InChI is InChI=1S/C14H17BrN4/c1-3-4-11-8-13(19-16)18-14(17-11)10-5-6-12(15)9(2)7-10/h5-8H,3-4,16H2,1-2H3,(H,17,18,19). The molecule has 0 bridgehead atoms. The number of hydrogen-bond acceptors (Lipinski definition) is 4. The van der Waals surface area contributed by atoms with Gasteiger partial charge in [-0.1, -0.05) is 35.3 Å². The number of nitrogens with two attached hydrogens (primary N) is 1. The topological polar surface area (TPSA) is 63.8 Å². The number of aromatic nitrogens is 2.